The molecule has 8 heteroatoms. The molecule has 0 saturated heterocycles. The first-order chi connectivity index (χ1) is 12.5. The molecule has 0 fully saturated rings. The molecule has 1 aromatic heterocycles. The van der Waals surface area contributed by atoms with Crippen LogP contribution in [0.2, 0.25) is 0 Å². The van der Waals surface area contributed by atoms with Crippen LogP contribution in [0, 0.1) is 27.9 Å². The summed E-state index contributed by atoms with van der Waals surface area (Å²) in [6.45, 7) is 0. The molecular weight excluding hydrogens is 336 g/mol. The van der Waals surface area contributed by atoms with Crippen LogP contribution < -0.4 is 4.90 Å². The van der Waals surface area contributed by atoms with Crippen LogP contribution in [-0.4, -0.2) is 16.7 Å². The number of ketones is 2. The first-order valence-electron chi connectivity index (χ1n) is 7.24. The van der Waals surface area contributed by atoms with Crippen molar-refractivity contribution in [3.63, 3.8) is 0 Å². The quantitative estimate of drug-likeness (QED) is 0.517. The molecule has 0 radical (unpaired) electrons. The van der Waals surface area contributed by atoms with Crippen LogP contribution in [-0.2, 0) is 0 Å². The first kappa shape index (κ1) is 16.6. The van der Waals surface area contributed by atoms with Gasteiger partial charge in [-0.3, -0.25) is 14.2 Å². The third-order valence-electron chi connectivity index (χ3n) is 3.55. The molecule has 0 unspecified atom stereocenters. The molecule has 2 aromatic carbocycles. The van der Waals surface area contributed by atoms with Crippen LogP contribution in [0.5, 0.6) is 0 Å². The number of hydrogen-bond acceptors (Lipinski definition) is 7. The van der Waals surface area contributed by atoms with Crippen molar-refractivity contribution in [3.05, 3.63) is 87.4 Å². The highest BCUT2D eigenvalue weighted by Crippen LogP contribution is 2.16. The zero-order valence-corrected chi connectivity index (χ0v) is 13.0. The highest BCUT2D eigenvalue weighted by molar-refractivity contribution is 6.17. The topological polar surface area (TPSA) is 135 Å². The van der Waals surface area contributed by atoms with Gasteiger partial charge in [-0.2, -0.15) is 10.5 Å². The Kier molecular flexibility index (Phi) is 4.25. The maximum Gasteiger partial charge on any atom is 0.300 e. The van der Waals surface area contributed by atoms with E-state index >= 15 is 0 Å². The molecule has 0 amide bonds. The van der Waals surface area contributed by atoms with Crippen LogP contribution in [0.15, 0.2) is 53.2 Å². The highest BCUT2D eigenvalue weighted by Gasteiger charge is 2.33. The second-order valence-electron chi connectivity index (χ2n) is 5.17. The molecule has 8 nitrogen and oxygen atoms in total. The first-order valence-corrected chi connectivity index (χ1v) is 7.24. The van der Waals surface area contributed by atoms with Crippen molar-refractivity contribution >= 4 is 11.6 Å². The zero-order chi connectivity index (χ0) is 18.7. The smallest absolute Gasteiger partial charge is 0.300 e. The molecule has 0 atom stereocenters. The number of carbonyl (C=O) groups excluding carboxylic acids is 2. The van der Waals surface area contributed by atoms with Crippen LogP contribution in [0.25, 0.3) is 0 Å². The summed E-state index contributed by atoms with van der Waals surface area (Å²) in [5.74, 6) is -1.54. The summed E-state index contributed by atoms with van der Waals surface area (Å²) in [5, 5.41) is 33.1. The molecule has 124 valence electrons. The van der Waals surface area contributed by atoms with E-state index in [4.69, 9.17) is 10.5 Å². The Morgan fingerprint density at radius 2 is 1.50 bits per heavy atom. The van der Waals surface area contributed by atoms with Gasteiger partial charge in [-0.1, -0.05) is 24.3 Å². The summed E-state index contributed by atoms with van der Waals surface area (Å²) >= 11 is 0. The monoisotopic (exact) mass is 344 g/mol. The molecule has 0 bridgehead atoms. The van der Waals surface area contributed by atoms with Crippen molar-refractivity contribution in [2.75, 3.05) is 0 Å². The fourth-order valence-electron chi connectivity index (χ4n) is 2.32. The second kappa shape index (κ2) is 6.67. The Balaban J connectivity index is 2.06. The van der Waals surface area contributed by atoms with Gasteiger partial charge in [0.15, 0.2) is 0 Å². The number of benzene rings is 2. The van der Waals surface area contributed by atoms with Crippen LogP contribution >= 0.6 is 0 Å². The van der Waals surface area contributed by atoms with E-state index in [0.29, 0.717) is 0 Å². The molecule has 0 aliphatic heterocycles. The average Bonchev–Trinajstić information content (AvgIpc) is 3.08. The van der Waals surface area contributed by atoms with Crippen molar-refractivity contribution in [1.82, 2.24) is 5.16 Å². The standard InChI is InChI=1S/C18H8N4O4/c19-9-11-3-1-5-13(7-11)17(23)15-16(22(25)26-21-15)18(24)14-6-2-4-12(8-14)10-20/h1-8H. The van der Waals surface area contributed by atoms with Crippen LogP contribution in [0.3, 0.4) is 0 Å². The van der Waals surface area contributed by atoms with Gasteiger partial charge in [-0.05, 0) is 29.2 Å². The third kappa shape index (κ3) is 2.90. The number of aromatic nitrogens is 2. The second-order valence-corrected chi connectivity index (χ2v) is 5.17. The molecule has 0 aliphatic rings. The van der Waals surface area contributed by atoms with Gasteiger partial charge in [0.2, 0.25) is 11.6 Å². The predicted molar refractivity (Wildman–Crippen MR) is 84.6 cm³/mol. The van der Waals surface area contributed by atoms with Crippen LogP contribution in [0.4, 0.5) is 0 Å². The molecule has 0 N–H and O–H groups in total. The zero-order valence-electron chi connectivity index (χ0n) is 13.0. The van der Waals surface area contributed by atoms with E-state index in [1.165, 1.54) is 48.5 Å². The number of nitrogens with zero attached hydrogens (tertiary/aromatic N) is 4. The number of carbonyl (C=O) groups is 2. The largest absolute Gasteiger partial charge is 0.359 e. The van der Waals surface area contributed by atoms with E-state index in [1.54, 1.807) is 0 Å². The summed E-state index contributed by atoms with van der Waals surface area (Å²) in [4.78, 5) is 25.1. The average molecular weight is 344 g/mol. The summed E-state index contributed by atoms with van der Waals surface area (Å²) in [6, 6.07) is 15.2. The van der Waals surface area contributed by atoms with Gasteiger partial charge in [0.05, 0.1) is 28.4 Å². The SMILES string of the molecule is N#Cc1cccc(C(=O)c2no[n+]([O-])c2C(=O)c2cccc(C#N)c2)c1. The maximum atomic E-state index is 12.6. The Hall–Kier alpha value is -4.30. The molecule has 0 spiro atoms. The van der Waals surface area contributed by atoms with E-state index < -0.39 is 23.0 Å². The molecular formula is C18H8N4O4. The Morgan fingerprint density at radius 3 is 2.04 bits per heavy atom. The van der Waals surface area contributed by atoms with Gasteiger partial charge in [-0.25, -0.2) is 0 Å². The molecule has 0 aliphatic carbocycles. The number of rotatable bonds is 4. The van der Waals surface area contributed by atoms with E-state index in [2.05, 4.69) is 9.79 Å². The third-order valence-corrected chi connectivity index (χ3v) is 3.55. The Bertz CT molecular complexity index is 1120. The van der Waals surface area contributed by atoms with Gasteiger partial charge >= 0.3 is 0 Å². The summed E-state index contributed by atoms with van der Waals surface area (Å²) in [6.07, 6.45) is 0. The van der Waals surface area contributed by atoms with Crippen molar-refractivity contribution in [3.8, 4) is 12.1 Å². The summed E-state index contributed by atoms with van der Waals surface area (Å²) in [7, 11) is 0. The van der Waals surface area contributed by atoms with Gasteiger partial charge in [0.25, 0.3) is 11.4 Å². The molecule has 1 heterocycles. The van der Waals surface area contributed by atoms with Crippen LogP contribution in [0.1, 0.15) is 43.2 Å². The maximum absolute atomic E-state index is 12.6. The predicted octanol–water partition coefficient (Wildman–Crippen LogP) is 1.51. The van der Waals surface area contributed by atoms with Gasteiger partial charge < -0.3 is 5.21 Å². The van der Waals surface area contributed by atoms with Gasteiger partial charge in [0.1, 0.15) is 0 Å². The van der Waals surface area contributed by atoms with Gasteiger partial charge in [0, 0.05) is 11.1 Å². The van der Waals surface area contributed by atoms with Crippen molar-refractivity contribution < 1.29 is 19.1 Å². The van der Waals surface area contributed by atoms with Gasteiger partial charge in [-0.15, -0.1) is 0 Å². The number of hydrogen-bond donors (Lipinski definition) is 0. The fourth-order valence-corrected chi connectivity index (χ4v) is 2.32. The van der Waals surface area contributed by atoms with Crippen molar-refractivity contribution in [2.24, 2.45) is 0 Å². The summed E-state index contributed by atoms with van der Waals surface area (Å²) < 4.78 is 4.43. The fraction of sp³-hybridized carbons (Fsp3) is 0. The van der Waals surface area contributed by atoms with E-state index in [1.807, 2.05) is 12.1 Å². The lowest BCUT2D eigenvalue weighted by molar-refractivity contribution is -0.803. The van der Waals surface area contributed by atoms with E-state index in [0.717, 1.165) is 0 Å². The minimum Gasteiger partial charge on any atom is -0.359 e. The summed E-state index contributed by atoms with van der Waals surface area (Å²) in [5.41, 5.74) is -0.479. The van der Waals surface area contributed by atoms with E-state index in [9.17, 15) is 14.8 Å². The normalized spacial score (nSPS) is 9.92. The molecule has 3 aromatic rings. The van der Waals surface area contributed by atoms with Crippen molar-refractivity contribution in [1.29, 1.82) is 10.5 Å². The minimum absolute atomic E-state index is 0.0386. The lowest BCUT2D eigenvalue weighted by Crippen LogP contribution is -2.33. The lowest BCUT2D eigenvalue weighted by atomic mass is 10.00. The minimum atomic E-state index is -0.807. The molecule has 0 saturated carbocycles. The number of nitriles is 2. The highest BCUT2D eigenvalue weighted by atomic mass is 16.8. The Morgan fingerprint density at radius 1 is 0.962 bits per heavy atom. The lowest BCUT2D eigenvalue weighted by Gasteiger charge is -2.00. The molecule has 26 heavy (non-hydrogen) atoms. The van der Waals surface area contributed by atoms with E-state index in [-0.39, 0.29) is 27.2 Å². The van der Waals surface area contributed by atoms with Crippen molar-refractivity contribution in [2.45, 2.75) is 0 Å². The Labute approximate surface area is 146 Å². The molecule has 3 rings (SSSR count).